The van der Waals surface area contributed by atoms with E-state index in [0.29, 0.717) is 0 Å². The molecular weight excluding hydrogens is 158 g/mol. The molecule has 1 nitrogen and oxygen atoms in total. The summed E-state index contributed by atoms with van der Waals surface area (Å²) < 4.78 is 0. The van der Waals surface area contributed by atoms with Crippen LogP contribution in [0.15, 0.2) is 36.0 Å². The molecule has 1 aromatic carbocycles. The molecule has 1 aromatic rings. The third-order valence-electron chi connectivity index (χ3n) is 2.64. The third-order valence-corrected chi connectivity index (χ3v) is 2.64. The van der Waals surface area contributed by atoms with Gasteiger partial charge in [-0.15, -0.1) is 0 Å². The standard InChI is InChI=1S/C12H15N/c1-3-13-10(2)8-9-11-6-4-5-7-12(11)13/h4-8H,3,9H2,1-2H3. The van der Waals surface area contributed by atoms with Gasteiger partial charge in [0.15, 0.2) is 0 Å². The SMILES string of the molecule is CCN1C(C)=CCc2ccccc21. The Kier molecular flexibility index (Phi) is 2.09. The topological polar surface area (TPSA) is 3.24 Å². The van der Waals surface area contributed by atoms with E-state index in [4.69, 9.17) is 0 Å². The molecule has 0 fully saturated rings. The van der Waals surface area contributed by atoms with Crippen molar-refractivity contribution in [3.05, 3.63) is 41.6 Å². The second kappa shape index (κ2) is 3.25. The molecule has 2 rings (SSSR count). The summed E-state index contributed by atoms with van der Waals surface area (Å²) in [6.45, 7) is 5.43. The third kappa shape index (κ3) is 1.35. The van der Waals surface area contributed by atoms with Crippen molar-refractivity contribution in [1.82, 2.24) is 0 Å². The second-order valence-corrected chi connectivity index (χ2v) is 3.42. The summed E-state index contributed by atoms with van der Waals surface area (Å²) in [5.74, 6) is 0. The van der Waals surface area contributed by atoms with Crippen molar-refractivity contribution in [2.45, 2.75) is 20.3 Å². The molecule has 0 amide bonds. The lowest BCUT2D eigenvalue weighted by Crippen LogP contribution is -2.24. The molecule has 1 heteroatoms. The Morgan fingerprint density at radius 1 is 1.31 bits per heavy atom. The molecule has 1 heterocycles. The zero-order valence-electron chi connectivity index (χ0n) is 8.25. The predicted octanol–water partition coefficient (Wildman–Crippen LogP) is 2.97. The normalized spacial score (nSPS) is 15.2. The fourth-order valence-electron chi connectivity index (χ4n) is 1.92. The number of rotatable bonds is 1. The lowest BCUT2D eigenvalue weighted by atomic mass is 10.0. The van der Waals surface area contributed by atoms with Gasteiger partial charge in [0, 0.05) is 17.9 Å². The number of allylic oxidation sites excluding steroid dienone is 2. The van der Waals surface area contributed by atoms with E-state index < -0.39 is 0 Å². The molecule has 0 radical (unpaired) electrons. The highest BCUT2D eigenvalue weighted by molar-refractivity contribution is 5.60. The Bertz CT molecular complexity index is 339. The van der Waals surface area contributed by atoms with Crippen LogP contribution >= 0.6 is 0 Å². The Hall–Kier alpha value is -1.24. The highest BCUT2D eigenvalue weighted by Crippen LogP contribution is 2.28. The first-order valence-corrected chi connectivity index (χ1v) is 4.85. The van der Waals surface area contributed by atoms with Crippen LogP contribution in [0.5, 0.6) is 0 Å². The van der Waals surface area contributed by atoms with Gasteiger partial charge in [0.25, 0.3) is 0 Å². The molecule has 13 heavy (non-hydrogen) atoms. The lowest BCUT2D eigenvalue weighted by molar-refractivity contribution is 0.911. The van der Waals surface area contributed by atoms with Crippen molar-refractivity contribution < 1.29 is 0 Å². The molecule has 0 bridgehead atoms. The van der Waals surface area contributed by atoms with Crippen molar-refractivity contribution in [2.75, 3.05) is 11.4 Å². The molecule has 1 aliphatic rings. The number of para-hydroxylation sites is 1. The fourth-order valence-corrected chi connectivity index (χ4v) is 1.92. The predicted molar refractivity (Wildman–Crippen MR) is 56.9 cm³/mol. The van der Waals surface area contributed by atoms with E-state index >= 15 is 0 Å². The van der Waals surface area contributed by atoms with Crippen LogP contribution in [0.4, 0.5) is 5.69 Å². The highest BCUT2D eigenvalue weighted by Gasteiger charge is 2.13. The van der Waals surface area contributed by atoms with E-state index in [1.807, 2.05) is 0 Å². The number of nitrogens with zero attached hydrogens (tertiary/aromatic N) is 1. The average Bonchev–Trinajstić information content (AvgIpc) is 2.18. The van der Waals surface area contributed by atoms with Crippen molar-refractivity contribution in [1.29, 1.82) is 0 Å². The molecule has 0 atom stereocenters. The molecule has 0 saturated heterocycles. The molecule has 0 N–H and O–H groups in total. The fraction of sp³-hybridized carbons (Fsp3) is 0.333. The molecule has 1 aliphatic heterocycles. The van der Waals surface area contributed by atoms with Gasteiger partial charge >= 0.3 is 0 Å². The number of hydrogen-bond donors (Lipinski definition) is 0. The highest BCUT2D eigenvalue weighted by atomic mass is 15.1. The first kappa shape index (κ1) is 8.36. The minimum absolute atomic E-state index is 1.05. The van der Waals surface area contributed by atoms with E-state index in [0.717, 1.165) is 13.0 Å². The molecule has 0 aliphatic carbocycles. The summed E-state index contributed by atoms with van der Waals surface area (Å²) in [5, 5.41) is 0. The largest absolute Gasteiger partial charge is 0.346 e. The van der Waals surface area contributed by atoms with Gasteiger partial charge in [0.2, 0.25) is 0 Å². The summed E-state index contributed by atoms with van der Waals surface area (Å²) >= 11 is 0. The Morgan fingerprint density at radius 3 is 2.85 bits per heavy atom. The van der Waals surface area contributed by atoms with Gasteiger partial charge in [-0.25, -0.2) is 0 Å². The minimum Gasteiger partial charge on any atom is -0.346 e. The van der Waals surface area contributed by atoms with Gasteiger partial charge in [-0.05, 0) is 31.9 Å². The van der Waals surface area contributed by atoms with Crippen LogP contribution in [-0.4, -0.2) is 6.54 Å². The summed E-state index contributed by atoms with van der Waals surface area (Å²) in [6.07, 6.45) is 3.38. The molecule has 0 unspecified atom stereocenters. The first-order valence-electron chi connectivity index (χ1n) is 4.85. The van der Waals surface area contributed by atoms with Crippen LogP contribution < -0.4 is 4.90 Å². The van der Waals surface area contributed by atoms with Gasteiger partial charge in [-0.1, -0.05) is 24.3 Å². The van der Waals surface area contributed by atoms with Crippen LogP contribution in [-0.2, 0) is 6.42 Å². The number of hydrogen-bond acceptors (Lipinski definition) is 1. The van der Waals surface area contributed by atoms with Gasteiger partial charge in [-0.3, -0.25) is 0 Å². The maximum atomic E-state index is 2.36. The number of fused-ring (bicyclic) bond motifs is 1. The number of anilines is 1. The minimum atomic E-state index is 1.05. The summed E-state index contributed by atoms with van der Waals surface area (Å²) in [5.41, 5.74) is 4.20. The smallest absolute Gasteiger partial charge is 0.0443 e. The Morgan fingerprint density at radius 2 is 2.08 bits per heavy atom. The molecule has 68 valence electrons. The molecule has 0 aromatic heterocycles. The molecule has 0 spiro atoms. The van der Waals surface area contributed by atoms with Gasteiger partial charge in [0.1, 0.15) is 0 Å². The van der Waals surface area contributed by atoms with Crippen LogP contribution in [0, 0.1) is 0 Å². The van der Waals surface area contributed by atoms with Crippen molar-refractivity contribution in [3.63, 3.8) is 0 Å². The van der Waals surface area contributed by atoms with E-state index in [1.54, 1.807) is 0 Å². The Balaban J connectivity index is 2.46. The monoisotopic (exact) mass is 173 g/mol. The van der Waals surface area contributed by atoms with Gasteiger partial charge in [-0.2, -0.15) is 0 Å². The maximum absolute atomic E-state index is 2.36. The van der Waals surface area contributed by atoms with Crippen LogP contribution in [0.1, 0.15) is 19.4 Å². The number of benzene rings is 1. The lowest BCUT2D eigenvalue weighted by Gasteiger charge is -2.29. The van der Waals surface area contributed by atoms with E-state index in [9.17, 15) is 0 Å². The van der Waals surface area contributed by atoms with Crippen LogP contribution in [0.2, 0.25) is 0 Å². The van der Waals surface area contributed by atoms with Crippen molar-refractivity contribution >= 4 is 5.69 Å². The zero-order valence-corrected chi connectivity index (χ0v) is 8.25. The van der Waals surface area contributed by atoms with Crippen LogP contribution in [0.25, 0.3) is 0 Å². The summed E-state index contributed by atoms with van der Waals surface area (Å²) in [6, 6.07) is 8.64. The second-order valence-electron chi connectivity index (χ2n) is 3.42. The maximum Gasteiger partial charge on any atom is 0.0443 e. The molecular formula is C12H15N. The van der Waals surface area contributed by atoms with Gasteiger partial charge < -0.3 is 4.90 Å². The van der Waals surface area contributed by atoms with E-state index in [2.05, 4.69) is 49.1 Å². The van der Waals surface area contributed by atoms with Crippen molar-refractivity contribution in [3.8, 4) is 0 Å². The van der Waals surface area contributed by atoms with Crippen LogP contribution in [0.3, 0.4) is 0 Å². The molecule has 0 saturated carbocycles. The first-order chi connectivity index (χ1) is 6.33. The van der Waals surface area contributed by atoms with Crippen molar-refractivity contribution in [2.24, 2.45) is 0 Å². The summed E-state index contributed by atoms with van der Waals surface area (Å²) in [7, 11) is 0. The van der Waals surface area contributed by atoms with E-state index in [-0.39, 0.29) is 0 Å². The average molecular weight is 173 g/mol. The van der Waals surface area contributed by atoms with Gasteiger partial charge in [0.05, 0.1) is 0 Å². The zero-order chi connectivity index (χ0) is 9.26. The Labute approximate surface area is 79.7 Å². The van der Waals surface area contributed by atoms with E-state index in [1.165, 1.54) is 16.9 Å². The summed E-state index contributed by atoms with van der Waals surface area (Å²) in [4.78, 5) is 2.36. The quantitative estimate of drug-likeness (QED) is 0.631.